The van der Waals surface area contributed by atoms with Crippen LogP contribution in [-0.4, -0.2) is 30.1 Å². The third-order valence-electron chi connectivity index (χ3n) is 2.93. The van der Waals surface area contributed by atoms with Crippen LogP contribution in [0.25, 0.3) is 0 Å². The Bertz CT molecular complexity index is 193. The summed E-state index contributed by atoms with van der Waals surface area (Å²) >= 11 is -0.839. The van der Waals surface area contributed by atoms with Gasteiger partial charge in [-0.05, 0) is 0 Å². The molecule has 0 aliphatic rings. The summed E-state index contributed by atoms with van der Waals surface area (Å²) in [7, 11) is 0. The molecule has 0 aromatic carbocycles. The predicted molar refractivity (Wildman–Crippen MR) is 79.2 cm³/mol. The quantitative estimate of drug-likeness (QED) is 0.585. The molecule has 1 radical (unpaired) electrons. The largest absolute Gasteiger partial charge is 0.346 e. The van der Waals surface area contributed by atoms with Gasteiger partial charge in [-0.2, -0.15) is 0 Å². The Kier molecular flexibility index (Phi) is 14.9. The summed E-state index contributed by atoms with van der Waals surface area (Å²) in [5.41, 5.74) is 0. The first-order valence-corrected chi connectivity index (χ1v) is 13.4. The second-order valence-corrected chi connectivity index (χ2v) is 13.2. The van der Waals surface area contributed by atoms with E-state index in [9.17, 15) is 0 Å². The van der Waals surface area contributed by atoms with E-state index in [0.29, 0.717) is 0 Å². The van der Waals surface area contributed by atoms with Crippen LogP contribution in [-0.2, 0) is 0 Å². The zero-order chi connectivity index (χ0) is 13.5. The number of hydrogen-bond acceptors (Lipinski definition) is 3. The molecule has 1 heterocycles. The molecule has 105 valence electrons. The summed E-state index contributed by atoms with van der Waals surface area (Å²) in [6.07, 6.45) is 11.7. The van der Waals surface area contributed by atoms with E-state index in [1.54, 1.807) is 13.3 Å². The van der Waals surface area contributed by atoms with Crippen molar-refractivity contribution in [2.45, 2.75) is 72.6 Å². The second kappa shape index (κ2) is 15.0. The van der Waals surface area contributed by atoms with Gasteiger partial charge in [0.05, 0.1) is 6.20 Å². The molecule has 0 bridgehead atoms. The van der Waals surface area contributed by atoms with Gasteiger partial charge in [-0.15, -0.1) is 5.10 Å². The number of unbranched alkanes of at least 4 members (excludes halogenated alkanes) is 3. The van der Waals surface area contributed by atoms with E-state index in [1.807, 2.05) is 0 Å². The Balaban J connectivity index is 0.000000473. The summed E-state index contributed by atoms with van der Waals surface area (Å²) in [4.78, 5) is 0. The van der Waals surface area contributed by atoms with Crippen molar-refractivity contribution < 1.29 is 4.52 Å². The molecule has 1 aromatic heterocycles. The van der Waals surface area contributed by atoms with Crippen LogP contribution in [0.5, 0.6) is 0 Å². The summed E-state index contributed by atoms with van der Waals surface area (Å²) in [5.74, 6) is 0. The smallest absolute Gasteiger partial charge is 0.144 e. The van der Waals surface area contributed by atoms with Crippen molar-refractivity contribution in [3.05, 3.63) is 12.5 Å². The molecule has 1 rings (SSSR count). The van der Waals surface area contributed by atoms with E-state index in [-0.39, 0.29) is 0 Å². The van der Waals surface area contributed by atoms with Crippen molar-refractivity contribution in [3.8, 4) is 0 Å². The van der Waals surface area contributed by atoms with E-state index in [2.05, 4.69) is 35.7 Å². The molecule has 3 nitrogen and oxygen atoms in total. The van der Waals surface area contributed by atoms with Gasteiger partial charge in [0, 0.05) is 5.27 Å². The molecule has 0 aliphatic heterocycles. The average Bonchev–Trinajstić information content (AvgIpc) is 2.97. The zero-order valence-corrected chi connectivity index (χ0v) is 15.2. The number of rotatable bonds is 9. The summed E-state index contributed by atoms with van der Waals surface area (Å²) in [6, 6.07) is 0. The molecule has 0 amide bonds. The Labute approximate surface area is 119 Å². The molecule has 0 aliphatic carbocycles. The maximum atomic E-state index is 4.22. The molecule has 0 saturated heterocycles. The van der Waals surface area contributed by atoms with Gasteiger partial charge in [0.15, 0.2) is 0 Å². The average molecular weight is 360 g/mol. The fourth-order valence-electron chi connectivity index (χ4n) is 1.79. The van der Waals surface area contributed by atoms with E-state index in [4.69, 9.17) is 0 Å². The van der Waals surface area contributed by atoms with Crippen molar-refractivity contribution >= 4 is 19.8 Å². The van der Waals surface area contributed by atoms with E-state index in [0.717, 1.165) is 0 Å². The van der Waals surface area contributed by atoms with Gasteiger partial charge in [-0.3, -0.25) is 0 Å². The van der Waals surface area contributed by atoms with Gasteiger partial charge in [0.1, 0.15) is 6.26 Å². The van der Waals surface area contributed by atoms with Gasteiger partial charge in [0.2, 0.25) is 0 Å². The van der Waals surface area contributed by atoms with Gasteiger partial charge < -0.3 is 4.52 Å². The van der Waals surface area contributed by atoms with Crippen LogP contribution in [0.15, 0.2) is 17.0 Å². The van der Waals surface area contributed by atoms with Crippen LogP contribution in [0.4, 0.5) is 0 Å². The summed E-state index contributed by atoms with van der Waals surface area (Å²) in [6.45, 7) is 7.00. The van der Waals surface area contributed by atoms with Crippen molar-refractivity contribution in [1.29, 1.82) is 0 Å². The molecular weight excluding hydrogens is 331 g/mol. The number of nitrogens with zero attached hydrogens (tertiary/aromatic N) is 2. The van der Waals surface area contributed by atoms with Crippen molar-refractivity contribution in [2.75, 3.05) is 0 Å². The maximum absolute atomic E-state index is 4.22. The first-order chi connectivity index (χ1) is 8.85. The molecule has 0 spiro atoms. The number of aromatic nitrogens is 2. The SMILES string of the molecule is CCC[CH2][Sn]([CH2]CCC)[CH2]CCC.c1conn1. The van der Waals surface area contributed by atoms with E-state index < -0.39 is 19.8 Å². The van der Waals surface area contributed by atoms with Crippen LogP contribution in [0.3, 0.4) is 0 Å². The van der Waals surface area contributed by atoms with Crippen LogP contribution >= 0.6 is 0 Å². The summed E-state index contributed by atoms with van der Waals surface area (Å²) in [5, 5.41) is 6.40. The number of hydrogen-bond donors (Lipinski definition) is 0. The topological polar surface area (TPSA) is 38.9 Å². The minimum atomic E-state index is -0.839. The van der Waals surface area contributed by atoms with Crippen molar-refractivity contribution in [1.82, 2.24) is 10.4 Å². The minimum absolute atomic E-state index is 0.839. The van der Waals surface area contributed by atoms with Gasteiger partial charge in [-0.25, -0.2) is 0 Å². The normalized spacial score (nSPS) is 10.2. The molecule has 0 N–H and O–H groups in total. The predicted octanol–water partition coefficient (Wildman–Crippen LogP) is 4.95. The molecular formula is C14H29N2OSn. The van der Waals surface area contributed by atoms with Crippen LogP contribution in [0.1, 0.15) is 59.3 Å². The maximum Gasteiger partial charge on any atom is 0.144 e. The van der Waals surface area contributed by atoms with Crippen LogP contribution in [0.2, 0.25) is 13.3 Å². The van der Waals surface area contributed by atoms with Gasteiger partial charge in [-0.1, -0.05) is 0 Å². The van der Waals surface area contributed by atoms with E-state index >= 15 is 0 Å². The Morgan fingerprint density at radius 1 is 0.889 bits per heavy atom. The van der Waals surface area contributed by atoms with Gasteiger partial charge >= 0.3 is 92.4 Å². The molecule has 1 aromatic rings. The third kappa shape index (κ3) is 12.4. The second-order valence-electron chi connectivity index (χ2n) is 4.65. The Morgan fingerprint density at radius 2 is 1.39 bits per heavy atom. The fraction of sp³-hybridized carbons (Fsp3) is 0.857. The zero-order valence-electron chi connectivity index (χ0n) is 12.3. The Morgan fingerprint density at radius 3 is 1.61 bits per heavy atom. The first-order valence-electron chi connectivity index (χ1n) is 7.39. The van der Waals surface area contributed by atoms with Crippen LogP contribution in [0, 0.1) is 0 Å². The third-order valence-corrected chi connectivity index (χ3v) is 12.0. The van der Waals surface area contributed by atoms with Crippen molar-refractivity contribution in [2.24, 2.45) is 0 Å². The fourth-order valence-corrected chi connectivity index (χ4v) is 11.2. The van der Waals surface area contributed by atoms with Crippen molar-refractivity contribution in [3.63, 3.8) is 0 Å². The van der Waals surface area contributed by atoms with Gasteiger partial charge in [0.25, 0.3) is 0 Å². The molecule has 18 heavy (non-hydrogen) atoms. The molecule has 4 heteroatoms. The monoisotopic (exact) mass is 361 g/mol. The Hall–Kier alpha value is -0.0613. The molecule has 0 atom stereocenters. The standard InChI is InChI=1S/3C4H9.C2H2N2O.Sn/c3*1-3-4-2;1-2-5-4-3-1;/h3*1,3-4H2,2H3;1-2H;. The van der Waals surface area contributed by atoms with Crippen LogP contribution < -0.4 is 0 Å². The first kappa shape index (κ1) is 17.9. The molecule has 0 fully saturated rings. The molecule has 0 unspecified atom stereocenters. The molecule has 0 saturated carbocycles. The minimum Gasteiger partial charge on any atom is -0.346 e. The van der Waals surface area contributed by atoms with E-state index in [1.165, 1.54) is 51.0 Å². The summed E-state index contributed by atoms with van der Waals surface area (Å²) < 4.78 is 9.26.